The van der Waals surface area contributed by atoms with Crippen LogP contribution in [0, 0.1) is 0 Å². The first-order chi connectivity index (χ1) is 16.2. The highest BCUT2D eigenvalue weighted by atomic mass is 32.2. The van der Waals surface area contributed by atoms with Crippen LogP contribution in [0.5, 0.6) is 0 Å². The summed E-state index contributed by atoms with van der Waals surface area (Å²) in [6, 6.07) is 15.7. The minimum Gasteiger partial charge on any atom is -0.480 e. The topological polar surface area (TPSA) is 108 Å². The van der Waals surface area contributed by atoms with Gasteiger partial charge in [0, 0.05) is 34.2 Å². The van der Waals surface area contributed by atoms with Crippen LogP contribution < -0.4 is 5.32 Å². The average molecular weight is 475 g/mol. The van der Waals surface area contributed by atoms with E-state index in [0.29, 0.717) is 22.4 Å². The van der Waals surface area contributed by atoms with Crippen LogP contribution in [-0.2, 0) is 10.2 Å². The van der Waals surface area contributed by atoms with E-state index in [1.807, 2.05) is 30.3 Å². The Morgan fingerprint density at radius 1 is 1.09 bits per heavy atom. The van der Waals surface area contributed by atoms with Crippen LogP contribution in [0.4, 0.5) is 0 Å². The largest absolute Gasteiger partial charge is 0.480 e. The Labute approximate surface area is 202 Å². The molecule has 1 unspecified atom stereocenters. The summed E-state index contributed by atoms with van der Waals surface area (Å²) in [6.07, 6.45) is 3.37. The molecule has 0 bridgehead atoms. The Bertz CT molecular complexity index is 1330. The van der Waals surface area contributed by atoms with Gasteiger partial charge in [-0.05, 0) is 47.4 Å². The van der Waals surface area contributed by atoms with Crippen molar-refractivity contribution < 1.29 is 14.7 Å². The van der Waals surface area contributed by atoms with E-state index >= 15 is 0 Å². The SMILES string of the molecule is CC(C)(C)c1ccccc1SCC(NC(=O)c1ccc2nc(-c3ccncc3)[nH]c2c1)C(=O)O. The van der Waals surface area contributed by atoms with Crippen molar-refractivity contribution in [1.82, 2.24) is 20.3 Å². The van der Waals surface area contributed by atoms with Gasteiger partial charge in [0.15, 0.2) is 0 Å². The van der Waals surface area contributed by atoms with Gasteiger partial charge in [-0.15, -0.1) is 11.8 Å². The summed E-state index contributed by atoms with van der Waals surface area (Å²) in [5.41, 5.74) is 3.73. The molecule has 8 heteroatoms. The minimum atomic E-state index is -1.07. The molecule has 1 amide bonds. The van der Waals surface area contributed by atoms with E-state index in [4.69, 9.17) is 0 Å². The highest BCUT2D eigenvalue weighted by Gasteiger charge is 2.24. The lowest BCUT2D eigenvalue weighted by atomic mass is 9.87. The number of carbonyl (C=O) groups is 2. The van der Waals surface area contributed by atoms with Crippen LogP contribution in [0.2, 0.25) is 0 Å². The second-order valence-corrected chi connectivity index (χ2v) is 10.0. The predicted molar refractivity (Wildman–Crippen MR) is 134 cm³/mol. The molecule has 4 rings (SSSR count). The molecule has 7 nitrogen and oxygen atoms in total. The predicted octanol–water partition coefficient (Wildman–Crippen LogP) is 4.90. The van der Waals surface area contributed by atoms with Crippen LogP contribution >= 0.6 is 11.8 Å². The smallest absolute Gasteiger partial charge is 0.327 e. The van der Waals surface area contributed by atoms with E-state index in [1.54, 1.807) is 30.6 Å². The number of H-pyrrole nitrogens is 1. The third-order valence-corrected chi connectivity index (χ3v) is 6.57. The second-order valence-electron chi connectivity index (χ2n) is 8.97. The number of thioether (sulfide) groups is 1. The molecule has 0 aliphatic rings. The molecule has 0 saturated heterocycles. The first-order valence-electron chi connectivity index (χ1n) is 10.9. The lowest BCUT2D eigenvalue weighted by Crippen LogP contribution is -2.42. The number of aromatic nitrogens is 3. The maximum absolute atomic E-state index is 12.9. The van der Waals surface area contributed by atoms with Crippen molar-refractivity contribution in [3.8, 4) is 11.4 Å². The number of imidazole rings is 1. The van der Waals surface area contributed by atoms with Crippen LogP contribution in [-0.4, -0.2) is 43.7 Å². The number of carbonyl (C=O) groups excluding carboxylic acids is 1. The molecule has 2 aromatic heterocycles. The molecule has 0 aliphatic carbocycles. The van der Waals surface area contributed by atoms with E-state index in [-0.39, 0.29) is 11.2 Å². The van der Waals surface area contributed by atoms with Gasteiger partial charge in [0.1, 0.15) is 11.9 Å². The van der Waals surface area contributed by atoms with Crippen molar-refractivity contribution in [2.75, 3.05) is 5.75 Å². The number of pyridine rings is 1. The summed E-state index contributed by atoms with van der Waals surface area (Å²) in [4.78, 5) is 37.6. The number of carboxylic acid groups (broad SMARTS) is 1. The lowest BCUT2D eigenvalue weighted by molar-refractivity contribution is -0.138. The zero-order valence-electron chi connectivity index (χ0n) is 19.2. The maximum Gasteiger partial charge on any atom is 0.327 e. The molecule has 0 aliphatic heterocycles. The number of hydrogen-bond acceptors (Lipinski definition) is 5. The van der Waals surface area contributed by atoms with Gasteiger partial charge in [0.2, 0.25) is 0 Å². The number of hydrogen-bond donors (Lipinski definition) is 3. The van der Waals surface area contributed by atoms with Gasteiger partial charge in [-0.1, -0.05) is 39.0 Å². The number of aromatic amines is 1. The molecule has 0 spiro atoms. The van der Waals surface area contributed by atoms with Crippen molar-refractivity contribution in [2.24, 2.45) is 0 Å². The first kappa shape index (κ1) is 23.5. The number of nitrogens with zero attached hydrogens (tertiary/aromatic N) is 2. The summed E-state index contributed by atoms with van der Waals surface area (Å²) >= 11 is 1.43. The molecular weight excluding hydrogens is 448 g/mol. The van der Waals surface area contributed by atoms with Gasteiger partial charge >= 0.3 is 5.97 Å². The standard InChI is InChI=1S/C26H26N4O3S/c1-26(2,3)18-6-4-5-7-22(18)34-15-21(25(32)33)30-24(31)17-8-9-19-20(14-17)29-23(28-19)16-10-12-27-13-11-16/h4-14,21H,15H2,1-3H3,(H,28,29)(H,30,31)(H,32,33). The molecule has 1 atom stereocenters. The molecule has 4 aromatic rings. The molecule has 2 heterocycles. The number of nitrogens with one attached hydrogen (secondary N) is 2. The Kier molecular flexibility index (Phi) is 6.70. The molecule has 0 saturated carbocycles. The second kappa shape index (κ2) is 9.69. The van der Waals surface area contributed by atoms with E-state index in [2.05, 4.69) is 47.1 Å². The number of amides is 1. The van der Waals surface area contributed by atoms with Crippen molar-refractivity contribution in [2.45, 2.75) is 37.1 Å². The zero-order chi connectivity index (χ0) is 24.3. The van der Waals surface area contributed by atoms with Crippen LogP contribution in [0.15, 0.2) is 71.9 Å². The summed E-state index contributed by atoms with van der Waals surface area (Å²) in [6.45, 7) is 6.36. The summed E-state index contributed by atoms with van der Waals surface area (Å²) in [5, 5.41) is 12.4. The molecule has 3 N–H and O–H groups in total. The molecular formula is C26H26N4O3S. The number of rotatable bonds is 7. The van der Waals surface area contributed by atoms with Crippen LogP contribution in [0.3, 0.4) is 0 Å². The molecule has 34 heavy (non-hydrogen) atoms. The third kappa shape index (κ3) is 5.28. The third-order valence-electron chi connectivity index (χ3n) is 5.40. The van der Waals surface area contributed by atoms with Crippen LogP contribution in [0.1, 0.15) is 36.7 Å². The summed E-state index contributed by atoms with van der Waals surface area (Å²) in [5.74, 6) is -0.629. The normalized spacial score (nSPS) is 12.4. The van der Waals surface area contributed by atoms with E-state index in [1.165, 1.54) is 11.8 Å². The van der Waals surface area contributed by atoms with Crippen molar-refractivity contribution in [3.05, 3.63) is 78.1 Å². The number of fused-ring (bicyclic) bond motifs is 1. The monoisotopic (exact) mass is 474 g/mol. The number of carboxylic acids is 1. The molecule has 2 aromatic carbocycles. The van der Waals surface area contributed by atoms with E-state index in [0.717, 1.165) is 16.0 Å². The van der Waals surface area contributed by atoms with Crippen LogP contribution in [0.25, 0.3) is 22.4 Å². The average Bonchev–Trinajstić information content (AvgIpc) is 3.25. The Balaban J connectivity index is 1.49. The van der Waals surface area contributed by atoms with E-state index in [9.17, 15) is 14.7 Å². The summed E-state index contributed by atoms with van der Waals surface area (Å²) in [7, 11) is 0. The highest BCUT2D eigenvalue weighted by Crippen LogP contribution is 2.32. The first-order valence-corrected chi connectivity index (χ1v) is 11.9. The molecule has 174 valence electrons. The van der Waals surface area contributed by atoms with E-state index < -0.39 is 17.9 Å². The van der Waals surface area contributed by atoms with Crippen molar-refractivity contribution in [1.29, 1.82) is 0 Å². The lowest BCUT2D eigenvalue weighted by Gasteiger charge is -2.23. The Morgan fingerprint density at radius 2 is 1.82 bits per heavy atom. The van der Waals surface area contributed by atoms with Gasteiger partial charge < -0.3 is 15.4 Å². The maximum atomic E-state index is 12.9. The molecule has 0 fully saturated rings. The summed E-state index contributed by atoms with van der Waals surface area (Å²) < 4.78 is 0. The van der Waals surface area contributed by atoms with Gasteiger partial charge in [-0.25, -0.2) is 9.78 Å². The Hall–Kier alpha value is -3.65. The fourth-order valence-electron chi connectivity index (χ4n) is 3.60. The fourth-order valence-corrected chi connectivity index (χ4v) is 4.88. The number of benzene rings is 2. The van der Waals surface area contributed by atoms with Crippen molar-refractivity contribution >= 4 is 34.7 Å². The zero-order valence-corrected chi connectivity index (χ0v) is 20.0. The van der Waals surface area contributed by atoms with Gasteiger partial charge in [-0.2, -0.15) is 0 Å². The quantitative estimate of drug-likeness (QED) is 0.329. The Morgan fingerprint density at radius 3 is 2.53 bits per heavy atom. The van der Waals surface area contributed by atoms with Gasteiger partial charge in [0.25, 0.3) is 5.91 Å². The minimum absolute atomic E-state index is 0.0693. The van der Waals surface area contributed by atoms with Gasteiger partial charge in [0.05, 0.1) is 11.0 Å². The molecule has 0 radical (unpaired) electrons. The highest BCUT2D eigenvalue weighted by molar-refractivity contribution is 7.99. The number of aliphatic carboxylic acids is 1. The fraction of sp³-hybridized carbons (Fsp3) is 0.231. The van der Waals surface area contributed by atoms with Gasteiger partial charge in [-0.3, -0.25) is 9.78 Å². The van der Waals surface area contributed by atoms with Crippen molar-refractivity contribution in [3.63, 3.8) is 0 Å².